The Morgan fingerprint density at radius 1 is 0.591 bits per heavy atom. The van der Waals surface area contributed by atoms with Crippen LogP contribution in [0.2, 0.25) is 0 Å². The first-order chi connectivity index (χ1) is 21.5. The molecule has 0 atom stereocenters. The molecular formula is C31H9N13. The van der Waals surface area contributed by atoms with E-state index in [0.717, 1.165) is 0 Å². The first kappa shape index (κ1) is 26.5. The Kier molecular flexibility index (Phi) is 6.44. The minimum Gasteiger partial charge on any atom is -0.250 e. The van der Waals surface area contributed by atoms with Gasteiger partial charge in [-0.1, -0.05) is 30.3 Å². The van der Waals surface area contributed by atoms with E-state index in [1.807, 2.05) is 24.3 Å². The zero-order valence-electron chi connectivity index (χ0n) is 22.0. The van der Waals surface area contributed by atoms with Crippen LogP contribution in [0.3, 0.4) is 0 Å². The first-order valence-corrected chi connectivity index (χ1v) is 12.4. The van der Waals surface area contributed by atoms with E-state index >= 15 is 0 Å². The molecule has 2 aliphatic heterocycles. The van der Waals surface area contributed by atoms with Crippen molar-refractivity contribution < 1.29 is 0 Å². The fourth-order valence-corrected chi connectivity index (χ4v) is 4.30. The second-order valence-electron chi connectivity index (χ2n) is 8.90. The molecule has 198 valence electrons. The lowest BCUT2D eigenvalue weighted by Gasteiger charge is -2.07. The molecule has 13 nitrogen and oxygen atoms in total. The summed E-state index contributed by atoms with van der Waals surface area (Å²) in [6.45, 7) is 14.7. The van der Waals surface area contributed by atoms with E-state index < -0.39 is 0 Å². The number of fused-ring (bicyclic) bond motifs is 2. The van der Waals surface area contributed by atoms with Gasteiger partial charge >= 0.3 is 0 Å². The maximum Gasteiger partial charge on any atom is 0.196 e. The van der Waals surface area contributed by atoms with Crippen LogP contribution in [0.1, 0.15) is 22.8 Å². The molecule has 2 aliphatic rings. The van der Waals surface area contributed by atoms with Crippen molar-refractivity contribution in [3.8, 4) is 35.7 Å². The Morgan fingerprint density at radius 3 is 1.41 bits per heavy atom. The van der Waals surface area contributed by atoms with Crippen LogP contribution in [0.5, 0.6) is 0 Å². The third kappa shape index (κ3) is 4.46. The Labute approximate surface area is 247 Å². The second kappa shape index (κ2) is 10.7. The van der Waals surface area contributed by atoms with E-state index in [1.165, 1.54) is 24.3 Å². The van der Waals surface area contributed by atoms with Crippen molar-refractivity contribution in [2.45, 2.75) is 0 Å². The lowest BCUT2D eigenvalue weighted by molar-refractivity contribution is 0.992. The molecule has 0 saturated heterocycles. The highest BCUT2D eigenvalue weighted by Gasteiger charge is 2.22. The van der Waals surface area contributed by atoms with E-state index in [4.69, 9.17) is 13.1 Å². The van der Waals surface area contributed by atoms with Crippen LogP contribution >= 0.6 is 0 Å². The number of hydrogen-bond acceptors (Lipinski definition) is 11. The topological polar surface area (TPSA) is 192 Å². The molecule has 44 heavy (non-hydrogen) atoms. The van der Waals surface area contributed by atoms with E-state index in [2.05, 4.69) is 44.6 Å². The van der Waals surface area contributed by atoms with E-state index in [9.17, 15) is 21.0 Å². The highest BCUT2D eigenvalue weighted by molar-refractivity contribution is 5.80. The van der Waals surface area contributed by atoms with Crippen molar-refractivity contribution in [2.24, 2.45) is 20.0 Å². The Bertz CT molecular complexity index is 2290. The SMILES string of the molecule is [C-]#[N+]c1cc2c(cc1[N+]#[C-])=NC(=C(C#N)c1nc(C(C#N)=C3N=c4cc(C#N)c(C#N)cc4=N3)nc(-c3ccccc3)n1)N=2. The van der Waals surface area contributed by atoms with Crippen LogP contribution in [0.15, 0.2) is 86.2 Å². The number of hydrogen-bond donors (Lipinski definition) is 0. The maximum absolute atomic E-state index is 10.2. The van der Waals surface area contributed by atoms with Gasteiger partial charge in [0.05, 0.1) is 45.7 Å². The van der Waals surface area contributed by atoms with Crippen LogP contribution in [0.25, 0.3) is 32.2 Å². The van der Waals surface area contributed by atoms with Gasteiger partial charge in [0.1, 0.15) is 35.4 Å². The lowest BCUT2D eigenvalue weighted by atomic mass is 10.1. The summed E-state index contributed by atoms with van der Waals surface area (Å²) in [6.07, 6.45) is 0. The Hall–Kier alpha value is -7.71. The van der Waals surface area contributed by atoms with E-state index in [1.54, 1.807) is 30.3 Å². The minimum absolute atomic E-state index is 0.0430. The number of aromatic nitrogens is 3. The molecule has 13 heteroatoms. The van der Waals surface area contributed by atoms with E-state index in [0.29, 0.717) is 27.0 Å². The predicted octanol–water partition coefficient (Wildman–Crippen LogP) is 2.67. The number of nitriles is 4. The van der Waals surface area contributed by atoms with Gasteiger partial charge in [-0.3, -0.25) is 9.69 Å². The largest absolute Gasteiger partial charge is 0.250 e. The monoisotopic (exact) mass is 563 g/mol. The first-order valence-electron chi connectivity index (χ1n) is 12.4. The molecule has 6 rings (SSSR count). The molecule has 0 aliphatic carbocycles. The van der Waals surface area contributed by atoms with Gasteiger partial charge in [0.2, 0.25) is 0 Å². The van der Waals surface area contributed by atoms with Gasteiger partial charge in [-0.25, -0.2) is 34.9 Å². The summed E-state index contributed by atoms with van der Waals surface area (Å²) in [7, 11) is 0. The standard InChI is InChI=1S/C31H9N13/c1-36-21-10-25-26(11-22(21)37-2)41-29(40-25)20(15-35)31-43-27(16-6-4-3-5-7-16)42-30(44-31)19(14-34)28-38-23-8-17(12-32)18(13-33)9-24(23)39-28/h3-11H. The van der Waals surface area contributed by atoms with Gasteiger partial charge in [-0.2, -0.15) is 21.0 Å². The summed E-state index contributed by atoms with van der Waals surface area (Å²) in [5.41, 5.74) is 0.709. The van der Waals surface area contributed by atoms with Gasteiger partial charge in [0, 0.05) is 5.56 Å². The van der Waals surface area contributed by atoms with Crippen molar-refractivity contribution in [1.82, 2.24) is 15.0 Å². The molecule has 3 aromatic carbocycles. The summed E-state index contributed by atoms with van der Waals surface area (Å²) in [5, 5.41) is 40.4. The van der Waals surface area contributed by atoms with Crippen molar-refractivity contribution in [2.75, 3.05) is 0 Å². The van der Waals surface area contributed by atoms with Crippen LogP contribution in [0, 0.1) is 58.5 Å². The smallest absolute Gasteiger partial charge is 0.196 e. The quantitative estimate of drug-likeness (QED) is 0.270. The van der Waals surface area contributed by atoms with Crippen molar-refractivity contribution in [3.05, 3.63) is 133 Å². The molecule has 3 heterocycles. The molecule has 0 amide bonds. The molecule has 0 spiro atoms. The fraction of sp³-hybridized carbons (Fsp3) is 0. The summed E-state index contributed by atoms with van der Waals surface area (Å²) >= 11 is 0. The zero-order chi connectivity index (χ0) is 30.8. The normalized spacial score (nSPS) is 11.7. The van der Waals surface area contributed by atoms with Crippen molar-refractivity contribution in [3.63, 3.8) is 0 Å². The van der Waals surface area contributed by atoms with E-state index in [-0.39, 0.29) is 62.8 Å². The molecule has 0 N–H and O–H groups in total. The summed E-state index contributed by atoms with van der Waals surface area (Å²) in [4.78, 5) is 37.7. The summed E-state index contributed by atoms with van der Waals surface area (Å²) < 4.78 is 0. The Morgan fingerprint density at radius 2 is 1.02 bits per heavy atom. The van der Waals surface area contributed by atoms with Crippen LogP contribution in [0.4, 0.5) is 11.4 Å². The lowest BCUT2D eigenvalue weighted by Crippen LogP contribution is -2.22. The second-order valence-corrected chi connectivity index (χ2v) is 8.90. The average Bonchev–Trinajstić information content (AvgIpc) is 3.67. The fourth-order valence-electron chi connectivity index (χ4n) is 4.30. The van der Waals surface area contributed by atoms with Gasteiger partial charge in [0.25, 0.3) is 0 Å². The zero-order valence-corrected chi connectivity index (χ0v) is 22.0. The molecule has 0 radical (unpaired) electrons. The third-order valence-electron chi connectivity index (χ3n) is 6.36. The molecule has 0 fully saturated rings. The highest BCUT2D eigenvalue weighted by atomic mass is 15.1. The number of allylic oxidation sites excluding steroid dienone is 2. The average molecular weight is 564 g/mol. The highest BCUT2D eigenvalue weighted by Crippen LogP contribution is 2.27. The number of nitrogens with zero attached hydrogens (tertiary/aromatic N) is 13. The molecule has 4 aromatic rings. The Balaban J connectivity index is 1.60. The van der Waals surface area contributed by atoms with Crippen molar-refractivity contribution >= 4 is 22.5 Å². The predicted molar refractivity (Wildman–Crippen MR) is 150 cm³/mol. The van der Waals surface area contributed by atoms with Crippen LogP contribution in [-0.2, 0) is 0 Å². The van der Waals surface area contributed by atoms with Gasteiger partial charge < -0.3 is 0 Å². The van der Waals surface area contributed by atoms with Gasteiger partial charge in [0.15, 0.2) is 40.5 Å². The van der Waals surface area contributed by atoms with Gasteiger partial charge in [-0.05, 0) is 24.3 Å². The minimum atomic E-state index is -0.145. The molecule has 1 aromatic heterocycles. The third-order valence-corrected chi connectivity index (χ3v) is 6.36. The van der Waals surface area contributed by atoms with Crippen LogP contribution < -0.4 is 21.4 Å². The molecule has 0 saturated carbocycles. The van der Waals surface area contributed by atoms with Crippen molar-refractivity contribution in [1.29, 1.82) is 21.0 Å². The molecule has 0 bridgehead atoms. The maximum atomic E-state index is 10.2. The summed E-state index contributed by atoms with van der Waals surface area (Å²) in [5.74, 6) is -0.224. The van der Waals surface area contributed by atoms with Gasteiger partial charge in [-0.15, -0.1) is 0 Å². The number of rotatable bonds is 3. The molecule has 0 unspecified atom stereocenters. The molecular weight excluding hydrogens is 554 g/mol. The summed E-state index contributed by atoms with van der Waals surface area (Å²) in [6, 6.07) is 22.4. The number of benzene rings is 3. The van der Waals surface area contributed by atoms with Crippen LogP contribution in [-0.4, -0.2) is 15.0 Å².